The van der Waals surface area contributed by atoms with Crippen LogP contribution in [0.5, 0.6) is 5.75 Å². The Morgan fingerprint density at radius 3 is 2.63 bits per heavy atom. The third-order valence-corrected chi connectivity index (χ3v) is 3.44. The highest BCUT2D eigenvalue weighted by atomic mass is 32.2. The zero-order valence-corrected chi connectivity index (χ0v) is 11.6. The first kappa shape index (κ1) is 16.2. The van der Waals surface area contributed by atoms with Crippen molar-refractivity contribution in [2.75, 3.05) is 12.4 Å². The molecule has 0 amide bonds. The lowest BCUT2D eigenvalue weighted by Crippen LogP contribution is -2.11. The number of thioether (sulfide) groups is 1. The van der Waals surface area contributed by atoms with Gasteiger partial charge in [-0.1, -0.05) is 13.0 Å². The van der Waals surface area contributed by atoms with E-state index in [0.717, 1.165) is 16.2 Å². The Morgan fingerprint density at radius 1 is 1.32 bits per heavy atom. The SMILES string of the molecule is CCSc1cccc(OCCCC(F)(F)F)c1CN. The predicted octanol–water partition coefficient (Wildman–Crippen LogP) is 3.98. The van der Waals surface area contributed by atoms with Crippen LogP contribution >= 0.6 is 11.8 Å². The van der Waals surface area contributed by atoms with Gasteiger partial charge in [-0.25, -0.2) is 0 Å². The highest BCUT2D eigenvalue weighted by Crippen LogP contribution is 2.30. The summed E-state index contributed by atoms with van der Waals surface area (Å²) >= 11 is 1.64. The highest BCUT2D eigenvalue weighted by molar-refractivity contribution is 7.99. The Labute approximate surface area is 115 Å². The fraction of sp³-hybridized carbons (Fsp3) is 0.538. The van der Waals surface area contributed by atoms with Gasteiger partial charge in [-0.2, -0.15) is 13.2 Å². The van der Waals surface area contributed by atoms with Crippen LogP contribution in [0.1, 0.15) is 25.3 Å². The molecular weight excluding hydrogens is 275 g/mol. The molecule has 0 aliphatic rings. The van der Waals surface area contributed by atoms with Gasteiger partial charge in [-0.15, -0.1) is 11.8 Å². The molecule has 0 heterocycles. The van der Waals surface area contributed by atoms with E-state index in [1.54, 1.807) is 17.8 Å². The molecule has 2 nitrogen and oxygen atoms in total. The van der Waals surface area contributed by atoms with Gasteiger partial charge in [0, 0.05) is 23.4 Å². The van der Waals surface area contributed by atoms with Crippen LogP contribution in [0.25, 0.3) is 0 Å². The Balaban J connectivity index is 2.60. The molecule has 0 saturated carbocycles. The van der Waals surface area contributed by atoms with Crippen molar-refractivity contribution in [3.8, 4) is 5.75 Å². The molecule has 1 aromatic carbocycles. The van der Waals surface area contributed by atoms with E-state index < -0.39 is 12.6 Å². The minimum atomic E-state index is -4.13. The lowest BCUT2D eigenvalue weighted by atomic mass is 10.2. The van der Waals surface area contributed by atoms with Gasteiger partial charge >= 0.3 is 6.18 Å². The largest absolute Gasteiger partial charge is 0.493 e. The van der Waals surface area contributed by atoms with Gasteiger partial charge in [0.1, 0.15) is 5.75 Å². The van der Waals surface area contributed by atoms with Crippen LogP contribution in [0.4, 0.5) is 13.2 Å². The maximum Gasteiger partial charge on any atom is 0.389 e. The van der Waals surface area contributed by atoms with Crippen molar-refractivity contribution < 1.29 is 17.9 Å². The number of halogens is 3. The van der Waals surface area contributed by atoms with E-state index in [0.29, 0.717) is 12.3 Å². The van der Waals surface area contributed by atoms with Crippen LogP contribution in [-0.4, -0.2) is 18.5 Å². The average Bonchev–Trinajstić information content (AvgIpc) is 2.34. The number of hydrogen-bond donors (Lipinski definition) is 1. The number of hydrogen-bond acceptors (Lipinski definition) is 3. The average molecular weight is 293 g/mol. The highest BCUT2D eigenvalue weighted by Gasteiger charge is 2.26. The standard InChI is InChI=1S/C13H18F3NOS/c1-2-19-12-6-3-5-11(10(12)9-17)18-8-4-7-13(14,15)16/h3,5-6H,2,4,7-9,17H2,1H3. The Bertz CT molecular complexity index is 396. The van der Waals surface area contributed by atoms with Gasteiger partial charge in [-0.05, 0) is 24.3 Å². The van der Waals surface area contributed by atoms with E-state index in [4.69, 9.17) is 10.5 Å². The summed E-state index contributed by atoms with van der Waals surface area (Å²) in [5.74, 6) is 1.49. The van der Waals surface area contributed by atoms with Crippen LogP contribution < -0.4 is 10.5 Å². The lowest BCUT2D eigenvalue weighted by Gasteiger charge is -2.14. The van der Waals surface area contributed by atoms with Crippen molar-refractivity contribution in [3.05, 3.63) is 23.8 Å². The first-order valence-electron chi connectivity index (χ1n) is 6.12. The molecule has 0 fully saturated rings. The molecule has 0 saturated heterocycles. The third-order valence-electron chi connectivity index (χ3n) is 2.46. The first-order chi connectivity index (χ1) is 8.98. The molecule has 0 radical (unpaired) electrons. The van der Waals surface area contributed by atoms with E-state index in [2.05, 4.69) is 0 Å². The summed E-state index contributed by atoms with van der Waals surface area (Å²) in [4.78, 5) is 1.03. The van der Waals surface area contributed by atoms with Crippen LogP contribution in [0.3, 0.4) is 0 Å². The zero-order chi connectivity index (χ0) is 14.3. The number of rotatable bonds is 7. The topological polar surface area (TPSA) is 35.2 Å². The lowest BCUT2D eigenvalue weighted by molar-refractivity contribution is -0.136. The molecular formula is C13H18F3NOS. The second-order valence-electron chi connectivity index (χ2n) is 3.94. The minimum Gasteiger partial charge on any atom is -0.493 e. The van der Waals surface area contributed by atoms with Gasteiger partial charge < -0.3 is 10.5 Å². The van der Waals surface area contributed by atoms with Gasteiger partial charge in [0.2, 0.25) is 0 Å². The maximum atomic E-state index is 12.0. The second kappa shape index (κ2) is 7.65. The summed E-state index contributed by atoms with van der Waals surface area (Å²) in [5.41, 5.74) is 6.54. The Morgan fingerprint density at radius 2 is 2.05 bits per heavy atom. The van der Waals surface area contributed by atoms with Crippen molar-refractivity contribution in [2.45, 2.75) is 37.4 Å². The number of benzene rings is 1. The molecule has 0 unspecified atom stereocenters. The molecule has 2 N–H and O–H groups in total. The minimum absolute atomic E-state index is 0.0430. The molecule has 0 aromatic heterocycles. The molecule has 0 spiro atoms. The van der Waals surface area contributed by atoms with Gasteiger partial charge in [-0.3, -0.25) is 0 Å². The first-order valence-corrected chi connectivity index (χ1v) is 7.10. The summed E-state index contributed by atoms with van der Waals surface area (Å²) in [6, 6.07) is 5.52. The molecule has 0 aliphatic heterocycles. The van der Waals surface area contributed by atoms with Crippen LogP contribution in [0, 0.1) is 0 Å². The molecule has 1 aromatic rings. The number of alkyl halides is 3. The monoisotopic (exact) mass is 293 g/mol. The Hall–Kier alpha value is -0.880. The molecule has 6 heteroatoms. The fourth-order valence-corrected chi connectivity index (χ4v) is 2.47. The van der Waals surface area contributed by atoms with Crippen molar-refractivity contribution in [2.24, 2.45) is 5.73 Å². The molecule has 0 bridgehead atoms. The normalized spacial score (nSPS) is 11.6. The summed E-state index contributed by atoms with van der Waals surface area (Å²) in [5, 5.41) is 0. The smallest absolute Gasteiger partial charge is 0.389 e. The fourth-order valence-electron chi connectivity index (χ4n) is 1.63. The van der Waals surface area contributed by atoms with Crippen LogP contribution in [0.15, 0.2) is 23.1 Å². The van der Waals surface area contributed by atoms with Gasteiger partial charge in [0.25, 0.3) is 0 Å². The molecule has 0 atom stereocenters. The van der Waals surface area contributed by atoms with Crippen molar-refractivity contribution >= 4 is 11.8 Å². The quantitative estimate of drug-likeness (QED) is 0.610. The summed E-state index contributed by atoms with van der Waals surface area (Å²) < 4.78 is 41.5. The third kappa shape index (κ3) is 5.74. The van der Waals surface area contributed by atoms with E-state index >= 15 is 0 Å². The van der Waals surface area contributed by atoms with Gasteiger partial charge in [0.05, 0.1) is 6.61 Å². The summed E-state index contributed by atoms with van der Waals surface area (Å²) in [6.45, 7) is 2.40. The molecule has 1 rings (SSSR count). The van der Waals surface area contributed by atoms with Gasteiger partial charge in [0.15, 0.2) is 0 Å². The molecule has 19 heavy (non-hydrogen) atoms. The van der Waals surface area contributed by atoms with E-state index in [-0.39, 0.29) is 13.0 Å². The molecule has 0 aliphatic carbocycles. The van der Waals surface area contributed by atoms with Crippen molar-refractivity contribution in [1.82, 2.24) is 0 Å². The maximum absolute atomic E-state index is 12.0. The van der Waals surface area contributed by atoms with Crippen molar-refractivity contribution in [1.29, 1.82) is 0 Å². The van der Waals surface area contributed by atoms with Crippen LogP contribution in [-0.2, 0) is 6.54 Å². The second-order valence-corrected chi connectivity index (χ2v) is 5.24. The summed E-state index contributed by atoms with van der Waals surface area (Å²) in [7, 11) is 0. The Kier molecular flexibility index (Phi) is 6.51. The van der Waals surface area contributed by atoms with Crippen molar-refractivity contribution in [3.63, 3.8) is 0 Å². The number of nitrogens with two attached hydrogens (primary N) is 1. The molecule has 108 valence electrons. The van der Waals surface area contributed by atoms with E-state index in [1.165, 1.54) is 0 Å². The van der Waals surface area contributed by atoms with E-state index in [9.17, 15) is 13.2 Å². The predicted molar refractivity (Wildman–Crippen MR) is 71.5 cm³/mol. The summed E-state index contributed by atoms with van der Waals surface area (Å²) in [6.07, 6.45) is -4.99. The van der Waals surface area contributed by atoms with E-state index in [1.807, 2.05) is 19.1 Å². The van der Waals surface area contributed by atoms with Crippen LogP contribution in [0.2, 0.25) is 0 Å². The number of ether oxygens (including phenoxy) is 1. The zero-order valence-electron chi connectivity index (χ0n) is 10.8.